The standard InChI is InChI=1S/C11H13N2O2/c14-13(15)11-6-4-5-10(9-11)12-7-2-1-3-8-12/h1,4-6,9H,2-3,7-8H2. The predicted octanol–water partition coefficient (Wildman–Crippen LogP) is 2.40. The van der Waals surface area contributed by atoms with Gasteiger partial charge in [0.2, 0.25) is 0 Å². The monoisotopic (exact) mass is 205 g/mol. The molecular formula is C11H13N2O2. The fourth-order valence-corrected chi connectivity index (χ4v) is 1.81. The number of hydrogen-bond donors (Lipinski definition) is 0. The molecule has 0 aromatic heterocycles. The molecule has 1 heterocycles. The second-order valence-electron chi connectivity index (χ2n) is 3.63. The number of hydrogen-bond acceptors (Lipinski definition) is 3. The SMILES string of the molecule is O=[N+]([O-])c1cccc(N2CC[CH]CC2)c1. The molecule has 0 amide bonds. The van der Waals surface area contributed by atoms with Crippen LogP contribution in [0.5, 0.6) is 0 Å². The third-order valence-electron chi connectivity index (χ3n) is 2.61. The van der Waals surface area contributed by atoms with Crippen molar-refractivity contribution in [2.24, 2.45) is 0 Å². The fraction of sp³-hybridized carbons (Fsp3) is 0.364. The Balaban J connectivity index is 2.19. The zero-order chi connectivity index (χ0) is 10.7. The van der Waals surface area contributed by atoms with E-state index >= 15 is 0 Å². The summed E-state index contributed by atoms with van der Waals surface area (Å²) in [5.74, 6) is 0. The molecule has 0 spiro atoms. The van der Waals surface area contributed by atoms with E-state index in [9.17, 15) is 10.1 Å². The van der Waals surface area contributed by atoms with Gasteiger partial charge in [-0.15, -0.1) is 0 Å². The van der Waals surface area contributed by atoms with Crippen LogP contribution in [0.4, 0.5) is 11.4 Å². The number of rotatable bonds is 2. The first-order chi connectivity index (χ1) is 7.27. The Morgan fingerprint density at radius 1 is 1.27 bits per heavy atom. The smallest absolute Gasteiger partial charge is 0.271 e. The maximum Gasteiger partial charge on any atom is 0.271 e. The van der Waals surface area contributed by atoms with Crippen molar-refractivity contribution in [2.45, 2.75) is 12.8 Å². The van der Waals surface area contributed by atoms with E-state index in [0.29, 0.717) is 0 Å². The molecule has 1 saturated heterocycles. The van der Waals surface area contributed by atoms with Crippen LogP contribution in [0.2, 0.25) is 0 Å². The summed E-state index contributed by atoms with van der Waals surface area (Å²) >= 11 is 0. The van der Waals surface area contributed by atoms with Crippen LogP contribution in [-0.4, -0.2) is 18.0 Å². The second kappa shape index (κ2) is 4.29. The molecule has 0 N–H and O–H groups in total. The molecule has 0 aliphatic carbocycles. The van der Waals surface area contributed by atoms with Gasteiger partial charge in [0.1, 0.15) is 0 Å². The lowest BCUT2D eigenvalue weighted by atomic mass is 10.1. The number of nitro benzene ring substituents is 1. The van der Waals surface area contributed by atoms with Gasteiger partial charge in [-0.1, -0.05) is 6.07 Å². The van der Waals surface area contributed by atoms with Gasteiger partial charge >= 0.3 is 0 Å². The van der Waals surface area contributed by atoms with Gasteiger partial charge in [0, 0.05) is 30.9 Å². The minimum atomic E-state index is -0.348. The molecule has 4 nitrogen and oxygen atoms in total. The van der Waals surface area contributed by atoms with Gasteiger partial charge in [-0.3, -0.25) is 10.1 Å². The maximum atomic E-state index is 10.6. The van der Waals surface area contributed by atoms with E-state index in [1.54, 1.807) is 12.1 Å². The number of piperidine rings is 1. The van der Waals surface area contributed by atoms with Crippen LogP contribution < -0.4 is 4.90 Å². The molecule has 1 aromatic rings. The van der Waals surface area contributed by atoms with Crippen LogP contribution in [0, 0.1) is 16.5 Å². The highest BCUT2D eigenvalue weighted by Crippen LogP contribution is 2.23. The lowest BCUT2D eigenvalue weighted by molar-refractivity contribution is -0.384. The molecule has 1 fully saturated rings. The molecule has 1 aliphatic rings. The van der Waals surface area contributed by atoms with Crippen molar-refractivity contribution in [1.29, 1.82) is 0 Å². The summed E-state index contributed by atoms with van der Waals surface area (Å²) in [6, 6.07) is 6.84. The van der Waals surface area contributed by atoms with Gasteiger partial charge in [0.05, 0.1) is 4.92 Å². The molecule has 1 aliphatic heterocycles. The van der Waals surface area contributed by atoms with Crippen molar-refractivity contribution in [2.75, 3.05) is 18.0 Å². The third kappa shape index (κ3) is 2.26. The normalized spacial score (nSPS) is 16.4. The van der Waals surface area contributed by atoms with E-state index in [1.807, 2.05) is 6.07 Å². The molecule has 1 radical (unpaired) electrons. The number of anilines is 1. The largest absolute Gasteiger partial charge is 0.371 e. The summed E-state index contributed by atoms with van der Waals surface area (Å²) in [6.07, 6.45) is 4.37. The minimum absolute atomic E-state index is 0.169. The molecule has 1 aromatic carbocycles. The topological polar surface area (TPSA) is 46.4 Å². The van der Waals surface area contributed by atoms with Gasteiger partial charge in [-0.2, -0.15) is 0 Å². The highest BCUT2D eigenvalue weighted by molar-refractivity contribution is 5.53. The average Bonchev–Trinajstić information content (AvgIpc) is 2.30. The molecule has 0 bridgehead atoms. The van der Waals surface area contributed by atoms with Gasteiger partial charge in [0.25, 0.3) is 5.69 Å². The van der Waals surface area contributed by atoms with Gasteiger partial charge in [0.15, 0.2) is 0 Å². The van der Waals surface area contributed by atoms with Crippen LogP contribution >= 0.6 is 0 Å². The van der Waals surface area contributed by atoms with Crippen molar-refractivity contribution in [3.05, 3.63) is 40.8 Å². The molecule has 0 unspecified atom stereocenters. The summed E-state index contributed by atoms with van der Waals surface area (Å²) < 4.78 is 0. The molecular weight excluding hydrogens is 192 g/mol. The first kappa shape index (κ1) is 9.96. The number of nitrogens with zero attached hydrogens (tertiary/aromatic N) is 2. The average molecular weight is 205 g/mol. The van der Waals surface area contributed by atoms with Crippen molar-refractivity contribution in [3.8, 4) is 0 Å². The Morgan fingerprint density at radius 3 is 2.67 bits per heavy atom. The molecule has 0 atom stereocenters. The first-order valence-electron chi connectivity index (χ1n) is 5.08. The lowest BCUT2D eigenvalue weighted by Crippen LogP contribution is -2.29. The van der Waals surface area contributed by atoms with E-state index in [2.05, 4.69) is 11.3 Å². The Bertz CT molecular complexity index is 359. The van der Waals surface area contributed by atoms with E-state index in [4.69, 9.17) is 0 Å². The third-order valence-corrected chi connectivity index (χ3v) is 2.61. The summed E-state index contributed by atoms with van der Waals surface area (Å²) in [5, 5.41) is 10.6. The predicted molar refractivity (Wildman–Crippen MR) is 58.8 cm³/mol. The van der Waals surface area contributed by atoms with Crippen molar-refractivity contribution < 1.29 is 4.92 Å². The quantitative estimate of drug-likeness (QED) is 0.550. The van der Waals surface area contributed by atoms with E-state index in [0.717, 1.165) is 31.6 Å². The van der Waals surface area contributed by atoms with Crippen LogP contribution in [-0.2, 0) is 0 Å². The van der Waals surface area contributed by atoms with Crippen molar-refractivity contribution in [3.63, 3.8) is 0 Å². The molecule has 0 saturated carbocycles. The van der Waals surface area contributed by atoms with Gasteiger partial charge in [-0.05, 0) is 25.3 Å². The summed E-state index contributed by atoms with van der Waals surface area (Å²) in [7, 11) is 0. The first-order valence-corrected chi connectivity index (χ1v) is 5.08. The highest BCUT2D eigenvalue weighted by atomic mass is 16.6. The second-order valence-corrected chi connectivity index (χ2v) is 3.63. The van der Waals surface area contributed by atoms with Gasteiger partial charge < -0.3 is 4.90 Å². The van der Waals surface area contributed by atoms with Crippen LogP contribution in [0.3, 0.4) is 0 Å². The lowest BCUT2D eigenvalue weighted by Gasteiger charge is -2.28. The Labute approximate surface area is 88.7 Å². The summed E-state index contributed by atoms with van der Waals surface area (Å²) in [4.78, 5) is 12.5. The minimum Gasteiger partial charge on any atom is -0.371 e. The number of nitro groups is 1. The fourth-order valence-electron chi connectivity index (χ4n) is 1.81. The van der Waals surface area contributed by atoms with Gasteiger partial charge in [-0.25, -0.2) is 0 Å². The molecule has 15 heavy (non-hydrogen) atoms. The summed E-state index contributed by atoms with van der Waals surface area (Å²) in [5.41, 5.74) is 1.12. The Morgan fingerprint density at radius 2 is 2.00 bits per heavy atom. The van der Waals surface area contributed by atoms with Crippen LogP contribution in [0.1, 0.15) is 12.8 Å². The zero-order valence-corrected chi connectivity index (χ0v) is 8.43. The Hall–Kier alpha value is -1.58. The van der Waals surface area contributed by atoms with E-state index < -0.39 is 0 Å². The Kier molecular flexibility index (Phi) is 2.85. The summed E-state index contributed by atoms with van der Waals surface area (Å²) in [6.45, 7) is 1.92. The van der Waals surface area contributed by atoms with E-state index in [1.165, 1.54) is 6.07 Å². The van der Waals surface area contributed by atoms with Crippen LogP contribution in [0.15, 0.2) is 24.3 Å². The highest BCUT2D eigenvalue weighted by Gasteiger charge is 2.13. The molecule has 79 valence electrons. The molecule has 4 heteroatoms. The van der Waals surface area contributed by atoms with Crippen LogP contribution in [0.25, 0.3) is 0 Å². The number of non-ortho nitro benzene ring substituents is 1. The maximum absolute atomic E-state index is 10.6. The van der Waals surface area contributed by atoms with Crippen molar-refractivity contribution in [1.82, 2.24) is 0 Å². The zero-order valence-electron chi connectivity index (χ0n) is 8.43. The number of benzene rings is 1. The molecule has 2 rings (SSSR count). The van der Waals surface area contributed by atoms with Crippen molar-refractivity contribution >= 4 is 11.4 Å². The van der Waals surface area contributed by atoms with E-state index in [-0.39, 0.29) is 10.6 Å².